The molecule has 1 aromatic rings. The molecule has 0 aliphatic carbocycles. The molecule has 6 nitrogen and oxygen atoms in total. The Balaban J connectivity index is 2.96. The van der Waals surface area contributed by atoms with Crippen molar-refractivity contribution in [2.75, 3.05) is 13.7 Å². The third kappa shape index (κ3) is 3.35. The van der Waals surface area contributed by atoms with E-state index in [0.29, 0.717) is 24.3 Å². The summed E-state index contributed by atoms with van der Waals surface area (Å²) in [4.78, 5) is 26.2. The zero-order chi connectivity index (χ0) is 14.6. The molecule has 6 heteroatoms. The van der Waals surface area contributed by atoms with Crippen molar-refractivity contribution in [1.29, 1.82) is 0 Å². The number of esters is 2. The largest absolute Gasteiger partial charge is 0.468 e. The molecule has 0 fully saturated rings. The number of carbonyl (C=O) groups is 2. The van der Waals surface area contributed by atoms with E-state index in [1.54, 1.807) is 20.8 Å². The lowest BCUT2D eigenvalue weighted by atomic mass is 10.1. The van der Waals surface area contributed by atoms with E-state index in [2.05, 4.69) is 9.72 Å². The summed E-state index contributed by atoms with van der Waals surface area (Å²) >= 11 is 0. The van der Waals surface area contributed by atoms with Crippen LogP contribution in [0, 0.1) is 13.8 Å². The molecule has 1 atom stereocenters. The van der Waals surface area contributed by atoms with Crippen LogP contribution in [0.5, 0.6) is 0 Å². The Morgan fingerprint density at radius 1 is 1.37 bits per heavy atom. The highest BCUT2D eigenvalue weighted by atomic mass is 16.5. The first-order chi connectivity index (χ1) is 8.92. The Bertz CT molecular complexity index is 479. The maximum Gasteiger partial charge on any atom is 0.340 e. The number of ether oxygens (including phenoxy) is 2. The highest BCUT2D eigenvalue weighted by Crippen LogP contribution is 2.20. The van der Waals surface area contributed by atoms with Gasteiger partial charge in [-0.25, -0.2) is 4.79 Å². The summed E-state index contributed by atoms with van der Waals surface area (Å²) in [6.45, 7) is 5.66. The van der Waals surface area contributed by atoms with Crippen LogP contribution in [-0.2, 0) is 20.7 Å². The van der Waals surface area contributed by atoms with Gasteiger partial charge in [-0.05, 0) is 26.3 Å². The number of methoxy groups -OCH3 is 1. The van der Waals surface area contributed by atoms with Gasteiger partial charge < -0.3 is 20.2 Å². The fraction of sp³-hybridized carbons (Fsp3) is 0.538. The van der Waals surface area contributed by atoms with Crippen molar-refractivity contribution < 1.29 is 19.1 Å². The van der Waals surface area contributed by atoms with E-state index >= 15 is 0 Å². The number of aromatic amines is 1. The molecular weight excluding hydrogens is 248 g/mol. The topological polar surface area (TPSA) is 94.4 Å². The maximum absolute atomic E-state index is 11.8. The Morgan fingerprint density at radius 2 is 2.00 bits per heavy atom. The molecule has 1 heterocycles. The van der Waals surface area contributed by atoms with Crippen molar-refractivity contribution >= 4 is 11.9 Å². The second-order valence-corrected chi connectivity index (χ2v) is 4.28. The van der Waals surface area contributed by atoms with Gasteiger partial charge in [0.2, 0.25) is 0 Å². The molecule has 0 aromatic carbocycles. The van der Waals surface area contributed by atoms with Crippen molar-refractivity contribution in [2.24, 2.45) is 5.73 Å². The van der Waals surface area contributed by atoms with Crippen LogP contribution in [0.15, 0.2) is 0 Å². The van der Waals surface area contributed by atoms with Gasteiger partial charge in [0.25, 0.3) is 0 Å². The summed E-state index contributed by atoms with van der Waals surface area (Å²) < 4.78 is 9.57. The number of H-pyrrole nitrogens is 1. The molecule has 1 rings (SSSR count). The number of aromatic nitrogens is 1. The zero-order valence-electron chi connectivity index (χ0n) is 11.7. The lowest BCUT2D eigenvalue weighted by Crippen LogP contribution is -2.34. The van der Waals surface area contributed by atoms with E-state index in [9.17, 15) is 9.59 Å². The molecular formula is C13H20N2O4. The summed E-state index contributed by atoms with van der Waals surface area (Å²) in [5, 5.41) is 0. The van der Waals surface area contributed by atoms with Crippen LogP contribution in [0.4, 0.5) is 0 Å². The van der Waals surface area contributed by atoms with Crippen molar-refractivity contribution in [3.63, 3.8) is 0 Å². The molecule has 0 aliphatic rings. The molecule has 0 saturated heterocycles. The van der Waals surface area contributed by atoms with E-state index in [4.69, 9.17) is 10.5 Å². The fourth-order valence-corrected chi connectivity index (χ4v) is 1.98. The Morgan fingerprint density at radius 3 is 2.53 bits per heavy atom. The third-order valence-corrected chi connectivity index (χ3v) is 2.95. The first-order valence-corrected chi connectivity index (χ1v) is 6.10. The average Bonchev–Trinajstić information content (AvgIpc) is 2.63. The van der Waals surface area contributed by atoms with Gasteiger partial charge in [-0.2, -0.15) is 0 Å². The van der Waals surface area contributed by atoms with E-state index in [1.165, 1.54) is 7.11 Å². The highest BCUT2D eigenvalue weighted by Gasteiger charge is 2.22. The Hall–Kier alpha value is -1.82. The maximum atomic E-state index is 11.8. The highest BCUT2D eigenvalue weighted by molar-refractivity contribution is 5.93. The Labute approximate surface area is 112 Å². The van der Waals surface area contributed by atoms with E-state index < -0.39 is 12.0 Å². The fourth-order valence-electron chi connectivity index (χ4n) is 1.98. The van der Waals surface area contributed by atoms with Crippen LogP contribution in [-0.4, -0.2) is 36.7 Å². The average molecular weight is 268 g/mol. The van der Waals surface area contributed by atoms with Gasteiger partial charge in [-0.1, -0.05) is 0 Å². The minimum absolute atomic E-state index is 0.290. The first-order valence-electron chi connectivity index (χ1n) is 6.10. The number of hydrogen-bond acceptors (Lipinski definition) is 5. The zero-order valence-corrected chi connectivity index (χ0v) is 11.7. The monoisotopic (exact) mass is 268 g/mol. The summed E-state index contributed by atoms with van der Waals surface area (Å²) in [7, 11) is 1.29. The summed E-state index contributed by atoms with van der Waals surface area (Å²) in [5.74, 6) is -0.851. The van der Waals surface area contributed by atoms with Gasteiger partial charge in [-0.15, -0.1) is 0 Å². The van der Waals surface area contributed by atoms with Crippen LogP contribution >= 0.6 is 0 Å². The number of aryl methyl sites for hydroxylation is 1. The second-order valence-electron chi connectivity index (χ2n) is 4.28. The van der Waals surface area contributed by atoms with Gasteiger partial charge in [0.15, 0.2) is 0 Å². The van der Waals surface area contributed by atoms with Crippen LogP contribution in [0.2, 0.25) is 0 Å². The van der Waals surface area contributed by atoms with Crippen molar-refractivity contribution in [2.45, 2.75) is 33.2 Å². The van der Waals surface area contributed by atoms with E-state index in [-0.39, 0.29) is 5.97 Å². The number of nitrogens with two attached hydrogens (primary N) is 1. The number of hydrogen-bond donors (Lipinski definition) is 2. The molecule has 0 aliphatic heterocycles. The standard InChI is InChI=1S/C13H20N2O4/c1-5-19-13(17)11-7(2)10(15-8(11)3)6-9(14)12(16)18-4/h9,15H,5-6,14H2,1-4H3. The molecule has 19 heavy (non-hydrogen) atoms. The van der Waals surface area contributed by atoms with Crippen LogP contribution in [0.3, 0.4) is 0 Å². The number of carbonyl (C=O) groups excluding carboxylic acids is 2. The third-order valence-electron chi connectivity index (χ3n) is 2.95. The second kappa shape index (κ2) is 6.38. The lowest BCUT2D eigenvalue weighted by Gasteiger charge is -2.08. The van der Waals surface area contributed by atoms with Crippen LogP contribution < -0.4 is 5.73 Å². The number of rotatable bonds is 5. The van der Waals surface area contributed by atoms with Gasteiger partial charge in [-0.3, -0.25) is 4.79 Å². The van der Waals surface area contributed by atoms with Gasteiger partial charge in [0, 0.05) is 17.8 Å². The predicted octanol–water partition coefficient (Wildman–Crippen LogP) is 0.851. The van der Waals surface area contributed by atoms with Crippen LogP contribution in [0.25, 0.3) is 0 Å². The quantitative estimate of drug-likeness (QED) is 0.772. The summed E-state index contributed by atoms with van der Waals surface area (Å²) in [5.41, 5.74) is 8.44. The van der Waals surface area contributed by atoms with Crippen molar-refractivity contribution in [3.05, 3.63) is 22.5 Å². The van der Waals surface area contributed by atoms with Crippen molar-refractivity contribution in [3.8, 4) is 0 Å². The normalized spacial score (nSPS) is 12.1. The van der Waals surface area contributed by atoms with Gasteiger partial charge in [0.1, 0.15) is 6.04 Å². The first kappa shape index (κ1) is 15.2. The molecule has 1 unspecified atom stereocenters. The van der Waals surface area contributed by atoms with E-state index in [0.717, 1.165) is 11.3 Å². The van der Waals surface area contributed by atoms with Gasteiger partial charge in [0.05, 0.1) is 19.3 Å². The predicted molar refractivity (Wildman–Crippen MR) is 69.9 cm³/mol. The summed E-state index contributed by atoms with van der Waals surface area (Å²) in [6.07, 6.45) is 0.290. The minimum Gasteiger partial charge on any atom is -0.468 e. The molecule has 3 N–H and O–H groups in total. The molecule has 0 radical (unpaired) electrons. The van der Waals surface area contributed by atoms with E-state index in [1.807, 2.05) is 0 Å². The van der Waals surface area contributed by atoms with Gasteiger partial charge >= 0.3 is 11.9 Å². The van der Waals surface area contributed by atoms with Crippen molar-refractivity contribution in [1.82, 2.24) is 4.98 Å². The lowest BCUT2D eigenvalue weighted by molar-refractivity contribution is -0.142. The SMILES string of the molecule is CCOC(=O)c1c(C)[nH]c(CC(N)C(=O)OC)c1C. The molecule has 1 aromatic heterocycles. The minimum atomic E-state index is -0.753. The molecule has 106 valence electrons. The number of nitrogens with one attached hydrogen (secondary N) is 1. The van der Waals surface area contributed by atoms with Crippen LogP contribution in [0.1, 0.15) is 34.2 Å². The smallest absolute Gasteiger partial charge is 0.340 e. The molecule has 0 amide bonds. The molecule has 0 spiro atoms. The summed E-state index contributed by atoms with van der Waals surface area (Å²) in [6, 6.07) is -0.753. The molecule has 0 saturated carbocycles. The molecule has 0 bridgehead atoms. The Kier molecular flexibility index (Phi) is 5.11.